The van der Waals surface area contributed by atoms with E-state index < -0.39 is 0 Å². The molecule has 1 aliphatic rings. The van der Waals surface area contributed by atoms with E-state index >= 15 is 0 Å². The lowest BCUT2D eigenvalue weighted by atomic mass is 9.65. The van der Waals surface area contributed by atoms with Crippen molar-refractivity contribution in [3.63, 3.8) is 0 Å². The smallest absolute Gasteiger partial charge is 0.0688 e. The van der Waals surface area contributed by atoms with Crippen molar-refractivity contribution in [3.05, 3.63) is 42.1 Å². The highest BCUT2D eigenvalue weighted by Crippen LogP contribution is 2.46. The number of nitrogens with one attached hydrogen (secondary N) is 1. The molecule has 1 aromatic carbocycles. The minimum absolute atomic E-state index is 0.0574. The van der Waals surface area contributed by atoms with Crippen molar-refractivity contribution in [1.29, 1.82) is 0 Å². The van der Waals surface area contributed by atoms with Gasteiger partial charge in [-0.2, -0.15) is 5.10 Å². The topological polar surface area (TPSA) is 48.9 Å². The summed E-state index contributed by atoms with van der Waals surface area (Å²) in [5, 5.41) is 16.9. The molecule has 0 saturated heterocycles. The number of aliphatic hydroxyl groups is 1. The molecule has 2 N–H and O–H groups in total. The van der Waals surface area contributed by atoms with E-state index in [-0.39, 0.29) is 12.0 Å². The van der Waals surface area contributed by atoms with E-state index in [0.717, 1.165) is 29.7 Å². The van der Waals surface area contributed by atoms with E-state index in [1.54, 1.807) is 0 Å². The van der Waals surface area contributed by atoms with E-state index in [9.17, 15) is 5.11 Å². The molecule has 0 radical (unpaired) electrons. The molecule has 0 atom stereocenters. The molecule has 88 valence electrons. The van der Waals surface area contributed by atoms with Crippen LogP contribution >= 0.6 is 0 Å². The van der Waals surface area contributed by atoms with E-state index in [0.29, 0.717) is 0 Å². The number of aromatic nitrogens is 2. The van der Waals surface area contributed by atoms with Gasteiger partial charge in [-0.3, -0.25) is 5.10 Å². The van der Waals surface area contributed by atoms with Crippen molar-refractivity contribution >= 4 is 0 Å². The Bertz CT molecular complexity index is 494. The minimum Gasteiger partial charge on any atom is -0.395 e. The number of hydrogen-bond acceptors (Lipinski definition) is 2. The molecule has 3 rings (SSSR count). The molecular formula is C14H16N2O. The van der Waals surface area contributed by atoms with E-state index in [2.05, 4.69) is 22.3 Å². The van der Waals surface area contributed by atoms with Crippen LogP contribution in [0.25, 0.3) is 11.3 Å². The van der Waals surface area contributed by atoms with Crippen LogP contribution < -0.4 is 0 Å². The van der Waals surface area contributed by atoms with Crippen LogP contribution in [0.15, 0.2) is 36.5 Å². The summed E-state index contributed by atoms with van der Waals surface area (Å²) >= 11 is 0. The minimum atomic E-state index is -0.0574. The van der Waals surface area contributed by atoms with Gasteiger partial charge in [0.2, 0.25) is 0 Å². The molecule has 2 aromatic rings. The maximum Gasteiger partial charge on any atom is 0.0688 e. The molecule has 0 aliphatic heterocycles. The Labute approximate surface area is 100 Å². The number of aromatic amines is 1. The molecule has 17 heavy (non-hydrogen) atoms. The average Bonchev–Trinajstić information content (AvgIpc) is 2.79. The first kappa shape index (κ1) is 10.5. The van der Waals surface area contributed by atoms with Crippen molar-refractivity contribution in [1.82, 2.24) is 10.2 Å². The van der Waals surface area contributed by atoms with Crippen molar-refractivity contribution in [2.24, 2.45) is 0 Å². The molecule has 0 unspecified atom stereocenters. The number of benzene rings is 1. The van der Waals surface area contributed by atoms with Gasteiger partial charge < -0.3 is 5.11 Å². The molecule has 1 heterocycles. The SMILES string of the molecule is OCC1(c2cn[nH]c2-c2ccccc2)CCC1. The molecule has 0 bridgehead atoms. The number of nitrogens with zero attached hydrogens (tertiary/aromatic N) is 1. The highest BCUT2D eigenvalue weighted by Gasteiger charge is 2.40. The van der Waals surface area contributed by atoms with Gasteiger partial charge in [-0.05, 0) is 18.4 Å². The van der Waals surface area contributed by atoms with Crippen molar-refractivity contribution in [3.8, 4) is 11.3 Å². The van der Waals surface area contributed by atoms with Crippen LogP contribution in [0.5, 0.6) is 0 Å². The van der Waals surface area contributed by atoms with Crippen LogP contribution in [0.3, 0.4) is 0 Å². The first-order chi connectivity index (χ1) is 8.36. The van der Waals surface area contributed by atoms with E-state index in [4.69, 9.17) is 0 Å². The Kier molecular flexibility index (Phi) is 2.48. The maximum absolute atomic E-state index is 9.64. The molecule has 0 amide bonds. The fourth-order valence-electron chi connectivity index (χ4n) is 2.63. The van der Waals surface area contributed by atoms with Crippen molar-refractivity contribution in [2.75, 3.05) is 6.61 Å². The summed E-state index contributed by atoms with van der Waals surface area (Å²) in [6.07, 6.45) is 5.18. The molecule has 1 fully saturated rings. The number of rotatable bonds is 3. The molecule has 1 aliphatic carbocycles. The Morgan fingerprint density at radius 3 is 2.59 bits per heavy atom. The van der Waals surface area contributed by atoms with E-state index in [1.807, 2.05) is 24.4 Å². The zero-order chi connectivity index (χ0) is 11.7. The highest BCUT2D eigenvalue weighted by molar-refractivity contribution is 5.64. The third kappa shape index (κ3) is 1.58. The zero-order valence-electron chi connectivity index (χ0n) is 9.69. The van der Waals surface area contributed by atoms with Crippen LogP contribution in [-0.2, 0) is 5.41 Å². The second-order valence-corrected chi connectivity index (χ2v) is 4.82. The fourth-order valence-corrected chi connectivity index (χ4v) is 2.63. The Morgan fingerprint density at radius 2 is 2.00 bits per heavy atom. The summed E-state index contributed by atoms with van der Waals surface area (Å²) in [5.41, 5.74) is 3.30. The molecule has 3 nitrogen and oxygen atoms in total. The largest absolute Gasteiger partial charge is 0.395 e. The summed E-state index contributed by atoms with van der Waals surface area (Å²) in [4.78, 5) is 0. The number of hydrogen-bond donors (Lipinski definition) is 2. The van der Waals surface area contributed by atoms with Crippen LogP contribution in [0.2, 0.25) is 0 Å². The normalized spacial score (nSPS) is 17.7. The first-order valence-corrected chi connectivity index (χ1v) is 6.06. The Balaban J connectivity index is 2.06. The third-order valence-corrected chi connectivity index (χ3v) is 3.89. The van der Waals surface area contributed by atoms with Gasteiger partial charge in [-0.15, -0.1) is 0 Å². The van der Waals surface area contributed by atoms with Gasteiger partial charge in [0, 0.05) is 11.0 Å². The molecule has 1 saturated carbocycles. The molecule has 0 spiro atoms. The number of H-pyrrole nitrogens is 1. The first-order valence-electron chi connectivity index (χ1n) is 6.06. The lowest BCUT2D eigenvalue weighted by Crippen LogP contribution is -2.38. The van der Waals surface area contributed by atoms with Gasteiger partial charge in [0.1, 0.15) is 0 Å². The summed E-state index contributed by atoms with van der Waals surface area (Å²) < 4.78 is 0. The van der Waals surface area contributed by atoms with Gasteiger partial charge in [-0.25, -0.2) is 0 Å². The standard InChI is InChI=1S/C14H16N2O/c17-10-14(7-4-8-14)12-9-15-16-13(12)11-5-2-1-3-6-11/h1-3,5-6,9,17H,4,7-8,10H2,(H,15,16). The zero-order valence-corrected chi connectivity index (χ0v) is 9.69. The number of aliphatic hydroxyl groups excluding tert-OH is 1. The van der Waals surface area contributed by atoms with Gasteiger partial charge in [0.25, 0.3) is 0 Å². The second-order valence-electron chi connectivity index (χ2n) is 4.82. The summed E-state index contributed by atoms with van der Waals surface area (Å²) in [7, 11) is 0. The monoisotopic (exact) mass is 228 g/mol. The predicted molar refractivity (Wildman–Crippen MR) is 66.6 cm³/mol. The van der Waals surface area contributed by atoms with Gasteiger partial charge >= 0.3 is 0 Å². The average molecular weight is 228 g/mol. The summed E-state index contributed by atoms with van der Waals surface area (Å²) in [5.74, 6) is 0. The lowest BCUT2D eigenvalue weighted by Gasteiger charge is -2.40. The molecular weight excluding hydrogens is 212 g/mol. The van der Waals surface area contributed by atoms with Crippen LogP contribution in [0.4, 0.5) is 0 Å². The van der Waals surface area contributed by atoms with Crippen LogP contribution in [0.1, 0.15) is 24.8 Å². The Hall–Kier alpha value is -1.61. The van der Waals surface area contributed by atoms with Crippen LogP contribution in [-0.4, -0.2) is 21.9 Å². The van der Waals surface area contributed by atoms with E-state index in [1.165, 1.54) is 6.42 Å². The highest BCUT2D eigenvalue weighted by atomic mass is 16.3. The molecule has 3 heteroatoms. The van der Waals surface area contributed by atoms with Gasteiger partial charge in [0.15, 0.2) is 0 Å². The summed E-state index contributed by atoms with van der Waals surface area (Å²) in [6, 6.07) is 10.2. The second kappa shape index (κ2) is 4.00. The van der Waals surface area contributed by atoms with Crippen molar-refractivity contribution < 1.29 is 5.11 Å². The third-order valence-electron chi connectivity index (χ3n) is 3.89. The predicted octanol–water partition coefficient (Wildman–Crippen LogP) is 2.49. The quantitative estimate of drug-likeness (QED) is 0.848. The maximum atomic E-state index is 9.64. The van der Waals surface area contributed by atoms with Crippen LogP contribution in [0, 0.1) is 0 Å². The fraction of sp³-hybridized carbons (Fsp3) is 0.357. The summed E-state index contributed by atoms with van der Waals surface area (Å²) in [6.45, 7) is 0.215. The van der Waals surface area contributed by atoms with Crippen molar-refractivity contribution in [2.45, 2.75) is 24.7 Å². The van der Waals surface area contributed by atoms with Gasteiger partial charge in [0.05, 0.1) is 18.5 Å². The molecule has 1 aromatic heterocycles. The lowest BCUT2D eigenvalue weighted by molar-refractivity contribution is 0.120. The van der Waals surface area contributed by atoms with Gasteiger partial charge in [-0.1, -0.05) is 36.8 Å². The Morgan fingerprint density at radius 1 is 1.24 bits per heavy atom.